The molecule has 0 saturated heterocycles. The van der Waals surface area contributed by atoms with Gasteiger partial charge in [0.05, 0.1) is 19.1 Å². The minimum Gasteiger partial charge on any atom is -0.465 e. The number of carbonyl (C=O) groups is 3. The van der Waals surface area contributed by atoms with Gasteiger partial charge >= 0.3 is 17.9 Å². The molecule has 0 aromatic heterocycles. The average molecular weight is 565 g/mol. The Morgan fingerprint density at radius 3 is 2.12 bits per heavy atom. The normalized spacial score (nSPS) is 19.7. The molecule has 1 fully saturated rings. The van der Waals surface area contributed by atoms with Crippen molar-refractivity contribution in [3.63, 3.8) is 0 Å². The Bertz CT molecular complexity index is 717. The first kappa shape index (κ1) is 36.2. The van der Waals surface area contributed by atoms with Crippen LogP contribution in [0.3, 0.4) is 0 Å². The van der Waals surface area contributed by atoms with Crippen LogP contribution in [0.2, 0.25) is 0 Å². The van der Waals surface area contributed by atoms with Crippen LogP contribution in [-0.2, 0) is 28.6 Å². The number of ether oxygens (including phenoxy) is 3. The summed E-state index contributed by atoms with van der Waals surface area (Å²) in [5.41, 5.74) is -1.46. The highest BCUT2D eigenvalue weighted by Crippen LogP contribution is 2.38. The summed E-state index contributed by atoms with van der Waals surface area (Å²) in [6.07, 6.45) is 20.0. The second kappa shape index (κ2) is 21.8. The van der Waals surface area contributed by atoms with E-state index in [0.717, 1.165) is 69.8 Å². The topological polar surface area (TPSA) is 78.9 Å². The largest absolute Gasteiger partial charge is 0.465 e. The summed E-state index contributed by atoms with van der Waals surface area (Å²) >= 11 is 0. The van der Waals surface area contributed by atoms with E-state index in [4.69, 9.17) is 14.2 Å². The van der Waals surface area contributed by atoms with Crippen molar-refractivity contribution >= 4 is 17.9 Å². The molecule has 1 aliphatic carbocycles. The minimum absolute atomic E-state index is 0.106. The van der Waals surface area contributed by atoms with Gasteiger partial charge in [-0.25, -0.2) is 9.59 Å². The molecule has 0 bridgehead atoms. The number of unbranched alkanes of at least 4 members (excludes halogenated alkanes) is 9. The number of hydrogen-bond acceptors (Lipinski definition) is 6. The van der Waals surface area contributed by atoms with Gasteiger partial charge in [0.2, 0.25) is 5.60 Å². The molecule has 0 spiro atoms. The van der Waals surface area contributed by atoms with Gasteiger partial charge in [0.15, 0.2) is 0 Å². The Morgan fingerprint density at radius 1 is 0.850 bits per heavy atom. The molecule has 0 aliphatic heterocycles. The summed E-state index contributed by atoms with van der Waals surface area (Å²) in [7, 11) is 0. The maximum atomic E-state index is 13.4. The third-order valence-electron chi connectivity index (χ3n) is 8.16. The van der Waals surface area contributed by atoms with Crippen LogP contribution in [0.5, 0.6) is 0 Å². The monoisotopic (exact) mass is 564 g/mol. The van der Waals surface area contributed by atoms with Crippen molar-refractivity contribution in [2.24, 2.45) is 17.8 Å². The third-order valence-corrected chi connectivity index (χ3v) is 8.16. The summed E-state index contributed by atoms with van der Waals surface area (Å²) in [4.78, 5) is 38.5. The van der Waals surface area contributed by atoms with Gasteiger partial charge in [-0.3, -0.25) is 4.79 Å². The zero-order valence-corrected chi connectivity index (χ0v) is 26.3. The van der Waals surface area contributed by atoms with Gasteiger partial charge in [0.25, 0.3) is 0 Å². The van der Waals surface area contributed by atoms with E-state index >= 15 is 0 Å². The SMILES string of the molecule is C=CC(=O)OC1(C(=O)OCC(CCC)CCCCC)CCCC(C(=O)OCCCCCCCCCCC(C)C)C1. The van der Waals surface area contributed by atoms with Crippen molar-refractivity contribution in [2.75, 3.05) is 13.2 Å². The fraction of sp³-hybridized carbons (Fsp3) is 0.853. The lowest BCUT2D eigenvalue weighted by Crippen LogP contribution is -2.49. The number of carbonyl (C=O) groups excluding carboxylic acids is 3. The van der Waals surface area contributed by atoms with Gasteiger partial charge in [0, 0.05) is 12.5 Å². The molecule has 6 heteroatoms. The van der Waals surface area contributed by atoms with Crippen LogP contribution in [0.1, 0.15) is 150 Å². The molecule has 3 unspecified atom stereocenters. The number of hydrogen-bond donors (Lipinski definition) is 0. The molecule has 1 aliphatic rings. The second-order valence-corrected chi connectivity index (χ2v) is 12.3. The first-order chi connectivity index (χ1) is 19.3. The van der Waals surface area contributed by atoms with E-state index in [2.05, 4.69) is 34.3 Å². The van der Waals surface area contributed by atoms with Gasteiger partial charge in [-0.05, 0) is 50.4 Å². The second-order valence-electron chi connectivity index (χ2n) is 12.3. The van der Waals surface area contributed by atoms with Gasteiger partial charge in [-0.2, -0.15) is 0 Å². The lowest BCUT2D eigenvalue weighted by atomic mass is 9.77. The van der Waals surface area contributed by atoms with Gasteiger partial charge in [-0.15, -0.1) is 0 Å². The molecule has 0 amide bonds. The van der Waals surface area contributed by atoms with E-state index < -0.39 is 23.5 Å². The molecule has 0 N–H and O–H groups in total. The maximum absolute atomic E-state index is 13.4. The van der Waals surface area contributed by atoms with Crippen LogP contribution >= 0.6 is 0 Å². The molecule has 0 aromatic rings. The Balaban J connectivity index is 2.52. The van der Waals surface area contributed by atoms with Crippen LogP contribution in [0.25, 0.3) is 0 Å². The van der Waals surface area contributed by atoms with Crippen molar-refractivity contribution in [2.45, 2.75) is 155 Å². The zero-order chi connectivity index (χ0) is 29.6. The minimum atomic E-state index is -1.46. The first-order valence-corrected chi connectivity index (χ1v) is 16.5. The van der Waals surface area contributed by atoms with Crippen LogP contribution in [0, 0.1) is 17.8 Å². The van der Waals surface area contributed by atoms with Crippen molar-refractivity contribution in [3.05, 3.63) is 12.7 Å². The summed E-state index contributed by atoms with van der Waals surface area (Å²) in [6, 6.07) is 0. The highest BCUT2D eigenvalue weighted by Gasteiger charge is 2.49. The number of rotatable bonds is 23. The van der Waals surface area contributed by atoms with Crippen molar-refractivity contribution in [1.29, 1.82) is 0 Å². The highest BCUT2D eigenvalue weighted by molar-refractivity contribution is 5.88. The average Bonchev–Trinajstić information content (AvgIpc) is 2.94. The Labute approximate surface area is 245 Å². The molecule has 0 heterocycles. The summed E-state index contributed by atoms with van der Waals surface area (Å²) in [6.45, 7) is 13.1. The summed E-state index contributed by atoms with van der Waals surface area (Å²) < 4.78 is 17.0. The van der Waals surface area contributed by atoms with Crippen LogP contribution in [-0.4, -0.2) is 36.7 Å². The summed E-state index contributed by atoms with van der Waals surface area (Å²) in [5, 5.41) is 0. The van der Waals surface area contributed by atoms with E-state index in [1.165, 1.54) is 38.5 Å². The van der Waals surface area contributed by atoms with Crippen molar-refractivity contribution < 1.29 is 28.6 Å². The molecule has 6 nitrogen and oxygen atoms in total. The fourth-order valence-corrected chi connectivity index (χ4v) is 5.72. The predicted octanol–water partition coefficient (Wildman–Crippen LogP) is 8.89. The molecule has 0 radical (unpaired) electrons. The molecule has 0 aromatic carbocycles. The van der Waals surface area contributed by atoms with E-state index in [0.29, 0.717) is 38.4 Å². The first-order valence-electron chi connectivity index (χ1n) is 16.5. The van der Waals surface area contributed by atoms with E-state index in [-0.39, 0.29) is 12.4 Å². The standard InChI is InChI=1S/C34H60O6/c1-6-9-16-22-29(20-7-2)27-39-33(37)34(40-31(35)8-3)24-19-23-30(26-34)32(36)38-25-18-15-13-11-10-12-14-17-21-28(4)5/h8,28-30H,3,6-7,9-27H2,1-2,4-5H3. The lowest BCUT2D eigenvalue weighted by molar-refractivity contribution is -0.189. The smallest absolute Gasteiger partial charge is 0.350 e. The van der Waals surface area contributed by atoms with Gasteiger partial charge < -0.3 is 14.2 Å². The van der Waals surface area contributed by atoms with Crippen molar-refractivity contribution in [3.8, 4) is 0 Å². The van der Waals surface area contributed by atoms with Crippen LogP contribution in [0.15, 0.2) is 12.7 Å². The highest BCUT2D eigenvalue weighted by atomic mass is 16.6. The third kappa shape index (κ3) is 15.2. The van der Waals surface area contributed by atoms with Crippen LogP contribution < -0.4 is 0 Å². The molecule has 232 valence electrons. The molecule has 3 atom stereocenters. The molecular formula is C34H60O6. The van der Waals surface area contributed by atoms with Gasteiger partial charge in [-0.1, -0.05) is 111 Å². The van der Waals surface area contributed by atoms with E-state index in [1.807, 2.05) is 0 Å². The maximum Gasteiger partial charge on any atom is 0.350 e. The Hall–Kier alpha value is -1.85. The lowest BCUT2D eigenvalue weighted by Gasteiger charge is -2.37. The Morgan fingerprint density at radius 2 is 1.50 bits per heavy atom. The number of esters is 3. The van der Waals surface area contributed by atoms with Gasteiger partial charge in [0.1, 0.15) is 0 Å². The Kier molecular flexibility index (Phi) is 19.8. The predicted molar refractivity (Wildman–Crippen MR) is 162 cm³/mol. The molecule has 40 heavy (non-hydrogen) atoms. The molecule has 1 saturated carbocycles. The molecule has 1 rings (SSSR count). The van der Waals surface area contributed by atoms with Crippen molar-refractivity contribution in [1.82, 2.24) is 0 Å². The quantitative estimate of drug-likeness (QED) is 0.0533. The van der Waals surface area contributed by atoms with E-state index in [1.54, 1.807) is 0 Å². The van der Waals surface area contributed by atoms with E-state index in [9.17, 15) is 14.4 Å². The fourth-order valence-electron chi connectivity index (χ4n) is 5.72. The van der Waals surface area contributed by atoms with Crippen LogP contribution in [0.4, 0.5) is 0 Å². The molecular weight excluding hydrogens is 504 g/mol. The summed E-state index contributed by atoms with van der Waals surface area (Å²) in [5.74, 6) is -0.908. The zero-order valence-electron chi connectivity index (χ0n) is 26.3.